The molecule has 3 rings (SSSR count). The molecule has 9 heteroatoms. The van der Waals surface area contributed by atoms with E-state index < -0.39 is 11.9 Å². The summed E-state index contributed by atoms with van der Waals surface area (Å²) in [6.07, 6.45) is -2.04. The Morgan fingerprint density at radius 3 is 2.76 bits per heavy atom. The smallest absolute Gasteiger partial charge is 0.354 e. The van der Waals surface area contributed by atoms with Crippen LogP contribution >= 0.6 is 0 Å². The Labute approximate surface area is 141 Å². The van der Waals surface area contributed by atoms with Gasteiger partial charge in [-0.25, -0.2) is 4.98 Å². The topological polar surface area (TPSA) is 75.6 Å². The van der Waals surface area contributed by atoms with Crippen molar-refractivity contribution in [3.8, 4) is 0 Å². The predicted molar refractivity (Wildman–Crippen MR) is 84.7 cm³/mol. The number of halogens is 3. The van der Waals surface area contributed by atoms with Crippen LogP contribution in [0.3, 0.4) is 0 Å². The number of aryl methyl sites for hydroxylation is 1. The summed E-state index contributed by atoms with van der Waals surface area (Å²) in [5, 5.41) is 6.00. The summed E-state index contributed by atoms with van der Waals surface area (Å²) in [4.78, 5) is 19.4. The van der Waals surface area contributed by atoms with Gasteiger partial charge in [-0.3, -0.25) is 9.48 Å². The van der Waals surface area contributed by atoms with Crippen molar-refractivity contribution in [1.82, 2.24) is 25.1 Å². The molecule has 3 aromatic rings. The van der Waals surface area contributed by atoms with Gasteiger partial charge in [-0.15, -0.1) is 0 Å². The quantitative estimate of drug-likeness (QED) is 0.670. The van der Waals surface area contributed by atoms with E-state index in [0.717, 1.165) is 33.8 Å². The lowest BCUT2D eigenvalue weighted by Crippen LogP contribution is -2.29. The minimum absolute atomic E-state index is 0.249. The molecule has 25 heavy (non-hydrogen) atoms. The molecule has 0 aliphatic carbocycles. The van der Waals surface area contributed by atoms with Gasteiger partial charge in [-0.05, 0) is 24.6 Å². The van der Waals surface area contributed by atoms with Crippen LogP contribution in [0, 0.1) is 0 Å². The van der Waals surface area contributed by atoms with E-state index in [9.17, 15) is 18.0 Å². The van der Waals surface area contributed by atoms with Crippen LogP contribution in [0.5, 0.6) is 0 Å². The van der Waals surface area contributed by atoms with Gasteiger partial charge in [0.25, 0.3) is 0 Å². The third-order valence-electron chi connectivity index (χ3n) is 3.59. The molecule has 0 aliphatic rings. The number of imidazole rings is 1. The minimum atomic E-state index is -4.51. The van der Waals surface area contributed by atoms with Gasteiger partial charge in [-0.1, -0.05) is 12.1 Å². The van der Waals surface area contributed by atoms with Crippen molar-refractivity contribution in [2.75, 3.05) is 6.54 Å². The molecule has 2 aromatic heterocycles. The fraction of sp³-hybridized carbons (Fsp3) is 0.312. The van der Waals surface area contributed by atoms with E-state index in [1.165, 1.54) is 0 Å². The third kappa shape index (κ3) is 4.37. The van der Waals surface area contributed by atoms with Crippen molar-refractivity contribution in [2.24, 2.45) is 0 Å². The first-order chi connectivity index (χ1) is 11.9. The van der Waals surface area contributed by atoms with Crippen LogP contribution < -0.4 is 5.32 Å². The number of nitrogens with zero attached hydrogens (tertiary/aromatic N) is 3. The summed E-state index contributed by atoms with van der Waals surface area (Å²) < 4.78 is 38.3. The molecule has 0 bridgehead atoms. The number of rotatable bonds is 6. The summed E-state index contributed by atoms with van der Waals surface area (Å²) >= 11 is 0. The van der Waals surface area contributed by atoms with Gasteiger partial charge < -0.3 is 10.3 Å². The van der Waals surface area contributed by atoms with E-state index in [-0.39, 0.29) is 12.5 Å². The number of aromatic amines is 1. The molecule has 0 radical (unpaired) electrons. The van der Waals surface area contributed by atoms with E-state index >= 15 is 0 Å². The second kappa shape index (κ2) is 6.96. The predicted octanol–water partition coefficient (Wildman–Crippen LogP) is 2.53. The standard InChI is InChI=1S/C16H16F3N5O/c17-16(18,19)13-7-9-24(23-13)10-15(25)20-8-3-6-14-21-11-4-1-2-5-12(11)22-14/h1-2,4-5,7,9H,3,6,8,10H2,(H,20,25)(H,21,22). The number of H-pyrrole nitrogens is 1. The molecule has 0 spiro atoms. The maximum Gasteiger partial charge on any atom is 0.435 e. The number of nitrogens with one attached hydrogen (secondary N) is 2. The molecule has 0 aliphatic heterocycles. The molecular formula is C16H16F3N5O. The van der Waals surface area contributed by atoms with Crippen molar-refractivity contribution in [3.63, 3.8) is 0 Å². The lowest BCUT2D eigenvalue weighted by molar-refractivity contribution is -0.141. The van der Waals surface area contributed by atoms with Crippen LogP contribution in [0.2, 0.25) is 0 Å². The van der Waals surface area contributed by atoms with Gasteiger partial charge in [0, 0.05) is 19.2 Å². The van der Waals surface area contributed by atoms with Crippen LogP contribution in [-0.2, 0) is 23.9 Å². The maximum absolute atomic E-state index is 12.4. The molecule has 0 atom stereocenters. The van der Waals surface area contributed by atoms with E-state index in [4.69, 9.17) is 0 Å². The fourth-order valence-electron chi connectivity index (χ4n) is 2.41. The molecule has 1 amide bonds. The molecular weight excluding hydrogens is 335 g/mol. The fourth-order valence-corrected chi connectivity index (χ4v) is 2.41. The lowest BCUT2D eigenvalue weighted by Gasteiger charge is -2.05. The van der Waals surface area contributed by atoms with Crippen LogP contribution in [0.15, 0.2) is 36.5 Å². The second-order valence-corrected chi connectivity index (χ2v) is 5.55. The molecule has 0 saturated heterocycles. The van der Waals surface area contributed by atoms with Gasteiger partial charge in [-0.2, -0.15) is 18.3 Å². The van der Waals surface area contributed by atoms with E-state index in [2.05, 4.69) is 20.4 Å². The second-order valence-electron chi connectivity index (χ2n) is 5.55. The van der Waals surface area contributed by atoms with Gasteiger partial charge in [0.05, 0.1) is 11.0 Å². The number of para-hydroxylation sites is 2. The Hall–Kier alpha value is -2.84. The lowest BCUT2D eigenvalue weighted by atomic mass is 10.3. The van der Waals surface area contributed by atoms with Crippen LogP contribution in [0.25, 0.3) is 11.0 Å². The summed E-state index contributed by atoms with van der Waals surface area (Å²) in [6.45, 7) is 0.157. The first-order valence-corrected chi connectivity index (χ1v) is 7.73. The summed E-state index contributed by atoms with van der Waals surface area (Å²) in [7, 11) is 0. The molecule has 0 fully saturated rings. The van der Waals surface area contributed by atoms with Gasteiger partial charge in [0.15, 0.2) is 5.69 Å². The number of hydrogen-bond acceptors (Lipinski definition) is 3. The van der Waals surface area contributed by atoms with Crippen molar-refractivity contribution >= 4 is 16.9 Å². The molecule has 2 heterocycles. The number of carbonyl (C=O) groups is 1. The molecule has 6 nitrogen and oxygen atoms in total. The van der Waals surface area contributed by atoms with Crippen molar-refractivity contribution in [2.45, 2.75) is 25.6 Å². The third-order valence-corrected chi connectivity index (χ3v) is 3.59. The SMILES string of the molecule is O=C(Cn1ccc(C(F)(F)F)n1)NCCCc1nc2ccccc2[nH]1. The Bertz CT molecular complexity index is 835. The Morgan fingerprint density at radius 2 is 2.04 bits per heavy atom. The monoisotopic (exact) mass is 351 g/mol. The minimum Gasteiger partial charge on any atom is -0.354 e. The zero-order valence-corrected chi connectivity index (χ0v) is 13.2. The number of carbonyl (C=O) groups excluding carboxylic acids is 1. The van der Waals surface area contributed by atoms with Crippen molar-refractivity contribution in [3.05, 3.63) is 48.0 Å². The zero-order chi connectivity index (χ0) is 17.9. The first-order valence-electron chi connectivity index (χ1n) is 7.73. The largest absolute Gasteiger partial charge is 0.435 e. The van der Waals surface area contributed by atoms with Crippen LogP contribution in [-0.4, -0.2) is 32.2 Å². The van der Waals surface area contributed by atoms with Gasteiger partial charge in [0.1, 0.15) is 12.4 Å². The van der Waals surface area contributed by atoms with Gasteiger partial charge >= 0.3 is 6.18 Å². The number of aromatic nitrogens is 4. The highest BCUT2D eigenvalue weighted by atomic mass is 19.4. The number of alkyl halides is 3. The van der Waals surface area contributed by atoms with E-state index in [1.807, 2.05) is 24.3 Å². The van der Waals surface area contributed by atoms with Crippen LogP contribution in [0.1, 0.15) is 17.9 Å². The average molecular weight is 351 g/mol. The highest BCUT2D eigenvalue weighted by Gasteiger charge is 2.33. The average Bonchev–Trinajstić information content (AvgIpc) is 3.17. The maximum atomic E-state index is 12.4. The molecule has 2 N–H and O–H groups in total. The van der Waals surface area contributed by atoms with Crippen LogP contribution in [0.4, 0.5) is 13.2 Å². The highest BCUT2D eigenvalue weighted by molar-refractivity contribution is 5.75. The number of amides is 1. The number of fused-ring (bicyclic) bond motifs is 1. The first kappa shape index (κ1) is 17.0. The highest BCUT2D eigenvalue weighted by Crippen LogP contribution is 2.27. The van der Waals surface area contributed by atoms with E-state index in [1.54, 1.807) is 0 Å². The Morgan fingerprint density at radius 1 is 1.24 bits per heavy atom. The molecule has 132 valence electrons. The number of hydrogen-bond donors (Lipinski definition) is 2. The molecule has 0 saturated carbocycles. The zero-order valence-electron chi connectivity index (χ0n) is 13.2. The van der Waals surface area contributed by atoms with Crippen molar-refractivity contribution < 1.29 is 18.0 Å². The number of benzene rings is 1. The molecule has 0 unspecified atom stereocenters. The normalized spacial score (nSPS) is 11.8. The summed E-state index contributed by atoms with van der Waals surface area (Å²) in [5.41, 5.74) is 0.839. The summed E-state index contributed by atoms with van der Waals surface area (Å²) in [6, 6.07) is 8.52. The Balaban J connectivity index is 1.42. The molecule has 1 aromatic carbocycles. The summed E-state index contributed by atoms with van der Waals surface area (Å²) in [5.74, 6) is 0.443. The van der Waals surface area contributed by atoms with E-state index in [0.29, 0.717) is 19.4 Å². The van der Waals surface area contributed by atoms with Gasteiger partial charge in [0.2, 0.25) is 5.91 Å². The van der Waals surface area contributed by atoms with Crippen molar-refractivity contribution in [1.29, 1.82) is 0 Å². The Kier molecular flexibility index (Phi) is 4.73.